The van der Waals surface area contributed by atoms with E-state index in [0.717, 1.165) is 24.5 Å². The van der Waals surface area contributed by atoms with Gasteiger partial charge in [-0.3, -0.25) is 9.69 Å². The Hall–Kier alpha value is -1.06. The SMILES string of the molecule is CC(C)C1(C(=O)O)CCN(Cc2ccc(Cl)cc2)C1. The van der Waals surface area contributed by atoms with Crippen LogP contribution in [0.1, 0.15) is 25.8 Å². The molecular weight excluding hydrogens is 262 g/mol. The molecule has 0 aliphatic carbocycles. The van der Waals surface area contributed by atoms with Crippen LogP contribution < -0.4 is 0 Å². The summed E-state index contributed by atoms with van der Waals surface area (Å²) in [6.45, 7) is 6.26. The van der Waals surface area contributed by atoms with Gasteiger partial charge in [0, 0.05) is 18.1 Å². The molecule has 0 spiro atoms. The summed E-state index contributed by atoms with van der Waals surface area (Å²) in [4.78, 5) is 13.8. The number of hydrogen-bond acceptors (Lipinski definition) is 2. The molecule has 1 aliphatic heterocycles. The van der Waals surface area contributed by atoms with Crippen molar-refractivity contribution in [1.29, 1.82) is 0 Å². The predicted octanol–water partition coefficient (Wildman–Crippen LogP) is 3.27. The Morgan fingerprint density at radius 2 is 2.05 bits per heavy atom. The van der Waals surface area contributed by atoms with Crippen LogP contribution >= 0.6 is 11.6 Å². The molecule has 1 aliphatic rings. The van der Waals surface area contributed by atoms with Gasteiger partial charge in [-0.25, -0.2) is 0 Å². The molecule has 2 rings (SSSR count). The van der Waals surface area contributed by atoms with Gasteiger partial charge in [-0.2, -0.15) is 0 Å². The number of rotatable bonds is 4. The molecule has 1 heterocycles. The zero-order valence-electron chi connectivity index (χ0n) is 11.4. The minimum Gasteiger partial charge on any atom is -0.481 e. The molecular formula is C15H20ClNO2. The highest BCUT2D eigenvalue weighted by Crippen LogP contribution is 2.38. The van der Waals surface area contributed by atoms with E-state index in [1.54, 1.807) is 0 Å². The minimum absolute atomic E-state index is 0.153. The van der Waals surface area contributed by atoms with Crippen LogP contribution in [0, 0.1) is 11.3 Å². The maximum Gasteiger partial charge on any atom is 0.311 e. The fraction of sp³-hybridized carbons (Fsp3) is 0.533. The molecule has 0 saturated carbocycles. The van der Waals surface area contributed by atoms with E-state index in [0.29, 0.717) is 6.54 Å². The Kier molecular flexibility index (Phi) is 4.16. The zero-order chi connectivity index (χ0) is 14.0. The molecule has 1 aromatic carbocycles. The van der Waals surface area contributed by atoms with Crippen molar-refractivity contribution in [3.8, 4) is 0 Å². The second-order valence-corrected chi connectivity index (χ2v) is 6.14. The first-order valence-corrected chi connectivity index (χ1v) is 7.02. The van der Waals surface area contributed by atoms with Gasteiger partial charge in [0.1, 0.15) is 0 Å². The van der Waals surface area contributed by atoms with Gasteiger partial charge < -0.3 is 5.11 Å². The largest absolute Gasteiger partial charge is 0.481 e. The molecule has 0 amide bonds. The maximum atomic E-state index is 11.6. The Bertz CT molecular complexity index is 458. The van der Waals surface area contributed by atoms with Gasteiger partial charge in [0.2, 0.25) is 0 Å². The van der Waals surface area contributed by atoms with Crippen LogP contribution in [0.25, 0.3) is 0 Å². The highest BCUT2D eigenvalue weighted by atomic mass is 35.5. The first-order chi connectivity index (χ1) is 8.94. The van der Waals surface area contributed by atoms with Crippen LogP contribution in [0.2, 0.25) is 5.02 Å². The third-order valence-corrected chi connectivity index (χ3v) is 4.48. The summed E-state index contributed by atoms with van der Waals surface area (Å²) in [6, 6.07) is 7.75. The lowest BCUT2D eigenvalue weighted by Gasteiger charge is -2.28. The van der Waals surface area contributed by atoms with Crippen LogP contribution in [-0.2, 0) is 11.3 Å². The van der Waals surface area contributed by atoms with Crippen LogP contribution in [0.5, 0.6) is 0 Å². The highest BCUT2D eigenvalue weighted by Gasteiger charge is 2.46. The minimum atomic E-state index is -0.666. The number of benzene rings is 1. The average Bonchev–Trinajstić information content (AvgIpc) is 2.77. The molecule has 104 valence electrons. The molecule has 4 heteroatoms. The van der Waals surface area contributed by atoms with Crippen LogP contribution in [0.15, 0.2) is 24.3 Å². The van der Waals surface area contributed by atoms with E-state index in [2.05, 4.69) is 4.90 Å². The monoisotopic (exact) mass is 281 g/mol. The Labute approximate surface area is 119 Å². The Morgan fingerprint density at radius 3 is 2.53 bits per heavy atom. The van der Waals surface area contributed by atoms with E-state index in [1.807, 2.05) is 38.1 Å². The molecule has 0 radical (unpaired) electrons. The third kappa shape index (κ3) is 2.93. The number of aliphatic carboxylic acids is 1. The van der Waals surface area contributed by atoms with Crippen molar-refractivity contribution in [2.45, 2.75) is 26.8 Å². The van der Waals surface area contributed by atoms with Gasteiger partial charge in [0.25, 0.3) is 0 Å². The lowest BCUT2D eigenvalue weighted by atomic mass is 9.76. The van der Waals surface area contributed by atoms with Gasteiger partial charge >= 0.3 is 5.97 Å². The van der Waals surface area contributed by atoms with E-state index in [1.165, 1.54) is 5.56 Å². The fourth-order valence-electron chi connectivity index (χ4n) is 2.79. The molecule has 1 aromatic rings. The third-order valence-electron chi connectivity index (χ3n) is 4.23. The lowest BCUT2D eigenvalue weighted by molar-refractivity contribution is -0.151. The molecule has 1 fully saturated rings. The van der Waals surface area contributed by atoms with Crippen LogP contribution in [0.3, 0.4) is 0 Å². The van der Waals surface area contributed by atoms with Gasteiger partial charge in [-0.1, -0.05) is 37.6 Å². The van der Waals surface area contributed by atoms with Gasteiger partial charge in [-0.05, 0) is 36.6 Å². The van der Waals surface area contributed by atoms with Gasteiger partial charge in [0.15, 0.2) is 0 Å². The maximum absolute atomic E-state index is 11.6. The van der Waals surface area contributed by atoms with Crippen molar-refractivity contribution in [3.63, 3.8) is 0 Å². The summed E-state index contributed by atoms with van der Waals surface area (Å²) in [5.41, 5.74) is 0.584. The first kappa shape index (κ1) is 14.4. The van der Waals surface area contributed by atoms with Crippen molar-refractivity contribution in [3.05, 3.63) is 34.9 Å². The van der Waals surface area contributed by atoms with E-state index in [-0.39, 0.29) is 5.92 Å². The summed E-state index contributed by atoms with van der Waals surface area (Å²) in [6.07, 6.45) is 0.730. The standard InChI is InChI=1S/C15H20ClNO2/c1-11(2)15(14(18)19)7-8-17(10-15)9-12-3-5-13(16)6-4-12/h3-6,11H,7-10H2,1-2H3,(H,18,19). The summed E-state index contributed by atoms with van der Waals surface area (Å²) < 4.78 is 0. The lowest BCUT2D eigenvalue weighted by Crippen LogP contribution is -2.39. The first-order valence-electron chi connectivity index (χ1n) is 6.64. The second kappa shape index (κ2) is 5.51. The van der Waals surface area contributed by atoms with Crippen molar-refractivity contribution in [2.75, 3.05) is 13.1 Å². The predicted molar refractivity (Wildman–Crippen MR) is 76.3 cm³/mol. The Balaban J connectivity index is 2.05. The van der Waals surface area contributed by atoms with Crippen LogP contribution in [-0.4, -0.2) is 29.1 Å². The number of carbonyl (C=O) groups is 1. The van der Waals surface area contributed by atoms with Crippen molar-refractivity contribution >= 4 is 17.6 Å². The molecule has 0 bridgehead atoms. The normalized spacial score (nSPS) is 24.0. The molecule has 1 unspecified atom stereocenters. The van der Waals surface area contributed by atoms with Crippen molar-refractivity contribution < 1.29 is 9.90 Å². The highest BCUT2D eigenvalue weighted by molar-refractivity contribution is 6.30. The topological polar surface area (TPSA) is 40.5 Å². The zero-order valence-corrected chi connectivity index (χ0v) is 12.2. The number of hydrogen-bond donors (Lipinski definition) is 1. The number of carboxylic acid groups (broad SMARTS) is 1. The van der Waals surface area contributed by atoms with E-state index in [4.69, 9.17) is 11.6 Å². The molecule has 1 atom stereocenters. The molecule has 1 saturated heterocycles. The number of likely N-dealkylation sites (tertiary alicyclic amines) is 1. The van der Waals surface area contributed by atoms with E-state index < -0.39 is 11.4 Å². The van der Waals surface area contributed by atoms with Crippen molar-refractivity contribution in [2.24, 2.45) is 11.3 Å². The van der Waals surface area contributed by atoms with Gasteiger partial charge in [-0.15, -0.1) is 0 Å². The van der Waals surface area contributed by atoms with Crippen LogP contribution in [0.4, 0.5) is 0 Å². The summed E-state index contributed by atoms with van der Waals surface area (Å²) in [7, 11) is 0. The van der Waals surface area contributed by atoms with Gasteiger partial charge in [0.05, 0.1) is 5.41 Å². The number of carboxylic acids is 1. The molecule has 0 aromatic heterocycles. The quantitative estimate of drug-likeness (QED) is 0.921. The smallest absolute Gasteiger partial charge is 0.311 e. The van der Waals surface area contributed by atoms with E-state index >= 15 is 0 Å². The molecule has 19 heavy (non-hydrogen) atoms. The summed E-state index contributed by atoms with van der Waals surface area (Å²) in [5.74, 6) is -0.513. The van der Waals surface area contributed by atoms with Crippen molar-refractivity contribution in [1.82, 2.24) is 4.90 Å². The second-order valence-electron chi connectivity index (χ2n) is 5.70. The molecule has 1 N–H and O–H groups in total. The number of halogens is 1. The Morgan fingerprint density at radius 1 is 1.42 bits per heavy atom. The average molecular weight is 282 g/mol. The summed E-state index contributed by atoms with van der Waals surface area (Å²) in [5, 5.41) is 10.2. The molecule has 3 nitrogen and oxygen atoms in total. The van der Waals surface area contributed by atoms with E-state index in [9.17, 15) is 9.90 Å². The summed E-state index contributed by atoms with van der Waals surface area (Å²) >= 11 is 5.87. The fourth-order valence-corrected chi connectivity index (χ4v) is 2.92. The number of nitrogens with zero attached hydrogens (tertiary/aromatic N) is 1.